The highest BCUT2D eigenvalue weighted by Crippen LogP contribution is 2.21. The fraction of sp³-hybridized carbons (Fsp3) is 0.333. The summed E-state index contributed by atoms with van der Waals surface area (Å²) in [5.41, 5.74) is 7.33. The minimum atomic E-state index is 0.623. The number of nitrogens with two attached hydrogens (primary N) is 1. The Morgan fingerprint density at radius 3 is 2.82 bits per heavy atom. The summed E-state index contributed by atoms with van der Waals surface area (Å²) in [6.45, 7) is 3.27. The van der Waals surface area contributed by atoms with Crippen molar-refractivity contribution in [2.24, 2.45) is 0 Å². The summed E-state index contributed by atoms with van der Waals surface area (Å²) < 4.78 is 5.33. The predicted molar refractivity (Wildman–Crippen MR) is 67.0 cm³/mol. The molecule has 2 aromatic heterocycles. The van der Waals surface area contributed by atoms with E-state index >= 15 is 0 Å². The highest BCUT2D eigenvalue weighted by molar-refractivity contribution is 5.89. The summed E-state index contributed by atoms with van der Waals surface area (Å²) in [5.74, 6) is 0.957. The lowest BCUT2D eigenvalue weighted by Crippen LogP contribution is -2.36. The monoisotopic (exact) mass is 230 g/mol. The lowest BCUT2D eigenvalue weighted by atomic mass is 10.2. The predicted octanol–water partition coefficient (Wildman–Crippen LogP) is 1.05. The van der Waals surface area contributed by atoms with Crippen molar-refractivity contribution in [3.8, 4) is 0 Å². The van der Waals surface area contributed by atoms with Crippen molar-refractivity contribution in [3.05, 3.63) is 24.5 Å². The molecule has 17 heavy (non-hydrogen) atoms. The zero-order valence-corrected chi connectivity index (χ0v) is 9.47. The van der Waals surface area contributed by atoms with E-state index in [0.717, 1.165) is 43.0 Å². The molecule has 2 aromatic rings. The van der Waals surface area contributed by atoms with Gasteiger partial charge in [-0.25, -0.2) is 4.98 Å². The van der Waals surface area contributed by atoms with Crippen LogP contribution in [0.15, 0.2) is 24.5 Å². The first-order chi connectivity index (χ1) is 8.34. The lowest BCUT2D eigenvalue weighted by molar-refractivity contribution is 0.122. The van der Waals surface area contributed by atoms with E-state index < -0.39 is 0 Å². The van der Waals surface area contributed by atoms with Crippen LogP contribution >= 0.6 is 0 Å². The number of nitrogen functional groups attached to an aromatic ring is 1. The van der Waals surface area contributed by atoms with E-state index in [1.165, 1.54) is 0 Å². The molecule has 0 bridgehead atoms. The molecule has 0 saturated carbocycles. The van der Waals surface area contributed by atoms with Gasteiger partial charge in [-0.15, -0.1) is 0 Å². The number of hydrogen-bond donors (Lipinski definition) is 1. The van der Waals surface area contributed by atoms with E-state index in [4.69, 9.17) is 10.5 Å². The Bertz CT molecular complexity index is 537. The van der Waals surface area contributed by atoms with Crippen LogP contribution in [0.5, 0.6) is 0 Å². The molecule has 3 heterocycles. The Balaban J connectivity index is 2.03. The quantitative estimate of drug-likeness (QED) is 0.793. The molecular formula is C12H14N4O. The second-order valence-electron chi connectivity index (χ2n) is 4.07. The van der Waals surface area contributed by atoms with Gasteiger partial charge in [-0.2, -0.15) is 0 Å². The van der Waals surface area contributed by atoms with Gasteiger partial charge in [0.1, 0.15) is 5.82 Å². The van der Waals surface area contributed by atoms with Crippen LogP contribution in [0.4, 0.5) is 11.5 Å². The fourth-order valence-electron chi connectivity index (χ4n) is 2.02. The molecule has 0 amide bonds. The normalized spacial score (nSPS) is 16.4. The number of rotatable bonds is 1. The van der Waals surface area contributed by atoms with Gasteiger partial charge in [0.15, 0.2) is 0 Å². The van der Waals surface area contributed by atoms with Crippen LogP contribution < -0.4 is 10.6 Å². The topological polar surface area (TPSA) is 64.3 Å². The van der Waals surface area contributed by atoms with E-state index in [0.29, 0.717) is 5.69 Å². The Labute approximate surface area is 99.2 Å². The first-order valence-corrected chi connectivity index (χ1v) is 5.67. The molecule has 0 atom stereocenters. The number of fused-ring (bicyclic) bond motifs is 1. The molecule has 1 fully saturated rings. The number of ether oxygens (including phenoxy) is 1. The highest BCUT2D eigenvalue weighted by atomic mass is 16.5. The zero-order valence-electron chi connectivity index (χ0n) is 9.47. The minimum absolute atomic E-state index is 0.623. The van der Waals surface area contributed by atoms with Crippen molar-refractivity contribution >= 4 is 22.4 Å². The molecule has 1 saturated heterocycles. The van der Waals surface area contributed by atoms with Gasteiger partial charge in [-0.1, -0.05) is 0 Å². The molecule has 3 rings (SSSR count). The number of aromatic nitrogens is 2. The van der Waals surface area contributed by atoms with Crippen molar-refractivity contribution < 1.29 is 4.74 Å². The first kappa shape index (κ1) is 10.3. The molecule has 0 unspecified atom stereocenters. The molecule has 0 aliphatic carbocycles. The Morgan fingerprint density at radius 2 is 2.00 bits per heavy atom. The van der Waals surface area contributed by atoms with Crippen molar-refractivity contribution in [1.82, 2.24) is 9.97 Å². The van der Waals surface area contributed by atoms with Crippen LogP contribution in [0.1, 0.15) is 0 Å². The van der Waals surface area contributed by atoms with Crippen LogP contribution in [0, 0.1) is 0 Å². The number of pyridine rings is 2. The van der Waals surface area contributed by atoms with Gasteiger partial charge in [0, 0.05) is 24.7 Å². The second kappa shape index (κ2) is 4.18. The molecule has 5 heteroatoms. The summed E-state index contributed by atoms with van der Waals surface area (Å²) in [5, 5.41) is 0.974. The van der Waals surface area contributed by atoms with Crippen molar-refractivity contribution in [3.63, 3.8) is 0 Å². The third-order valence-electron chi connectivity index (χ3n) is 2.95. The SMILES string of the molecule is Nc1cncc2ccc(N3CCOCC3)nc12. The maximum absolute atomic E-state index is 5.89. The second-order valence-corrected chi connectivity index (χ2v) is 4.07. The summed E-state index contributed by atoms with van der Waals surface area (Å²) in [6, 6.07) is 4.02. The minimum Gasteiger partial charge on any atom is -0.396 e. The Morgan fingerprint density at radius 1 is 1.18 bits per heavy atom. The van der Waals surface area contributed by atoms with Crippen LogP contribution in [-0.2, 0) is 4.74 Å². The summed E-state index contributed by atoms with van der Waals surface area (Å²) in [6.07, 6.45) is 3.42. The maximum atomic E-state index is 5.89. The molecular weight excluding hydrogens is 216 g/mol. The van der Waals surface area contributed by atoms with Gasteiger partial charge in [0.25, 0.3) is 0 Å². The number of hydrogen-bond acceptors (Lipinski definition) is 5. The van der Waals surface area contributed by atoms with Crippen molar-refractivity contribution in [2.45, 2.75) is 0 Å². The van der Waals surface area contributed by atoms with Crippen LogP contribution in [0.2, 0.25) is 0 Å². The number of morpholine rings is 1. The standard InChI is InChI=1S/C12H14N4O/c13-10-8-14-7-9-1-2-11(15-12(9)10)16-3-5-17-6-4-16/h1-2,7-8H,3-6,13H2. The molecule has 0 spiro atoms. The van der Waals surface area contributed by atoms with Gasteiger partial charge in [-0.05, 0) is 12.1 Å². The van der Waals surface area contributed by atoms with E-state index in [2.05, 4.69) is 14.9 Å². The summed E-state index contributed by atoms with van der Waals surface area (Å²) >= 11 is 0. The third-order valence-corrected chi connectivity index (χ3v) is 2.95. The van der Waals surface area contributed by atoms with E-state index in [1.807, 2.05) is 12.1 Å². The zero-order chi connectivity index (χ0) is 11.7. The molecule has 2 N–H and O–H groups in total. The molecule has 1 aliphatic rings. The molecule has 88 valence electrons. The van der Waals surface area contributed by atoms with Crippen LogP contribution in [-0.4, -0.2) is 36.3 Å². The number of anilines is 2. The molecule has 0 aromatic carbocycles. The molecule has 1 aliphatic heterocycles. The average molecular weight is 230 g/mol. The maximum Gasteiger partial charge on any atom is 0.129 e. The summed E-state index contributed by atoms with van der Waals surface area (Å²) in [7, 11) is 0. The van der Waals surface area contributed by atoms with Crippen molar-refractivity contribution in [1.29, 1.82) is 0 Å². The van der Waals surface area contributed by atoms with E-state index in [-0.39, 0.29) is 0 Å². The van der Waals surface area contributed by atoms with Crippen LogP contribution in [0.25, 0.3) is 10.9 Å². The number of nitrogens with zero attached hydrogens (tertiary/aromatic N) is 3. The fourth-order valence-corrected chi connectivity index (χ4v) is 2.02. The molecule has 0 radical (unpaired) electrons. The molecule has 5 nitrogen and oxygen atoms in total. The highest BCUT2D eigenvalue weighted by Gasteiger charge is 2.13. The van der Waals surface area contributed by atoms with Gasteiger partial charge in [-0.3, -0.25) is 4.98 Å². The first-order valence-electron chi connectivity index (χ1n) is 5.67. The van der Waals surface area contributed by atoms with Gasteiger partial charge in [0.2, 0.25) is 0 Å². The average Bonchev–Trinajstić information content (AvgIpc) is 2.40. The van der Waals surface area contributed by atoms with Gasteiger partial charge in [0.05, 0.1) is 30.6 Å². The smallest absolute Gasteiger partial charge is 0.129 e. The van der Waals surface area contributed by atoms with E-state index in [9.17, 15) is 0 Å². The summed E-state index contributed by atoms with van der Waals surface area (Å²) in [4.78, 5) is 10.9. The Hall–Kier alpha value is -1.88. The van der Waals surface area contributed by atoms with Crippen molar-refractivity contribution in [2.75, 3.05) is 36.9 Å². The third kappa shape index (κ3) is 1.89. The van der Waals surface area contributed by atoms with Gasteiger partial charge >= 0.3 is 0 Å². The lowest BCUT2D eigenvalue weighted by Gasteiger charge is -2.27. The van der Waals surface area contributed by atoms with E-state index in [1.54, 1.807) is 12.4 Å². The van der Waals surface area contributed by atoms with Gasteiger partial charge < -0.3 is 15.4 Å². The largest absolute Gasteiger partial charge is 0.396 e. The van der Waals surface area contributed by atoms with Crippen LogP contribution in [0.3, 0.4) is 0 Å². The Kier molecular flexibility index (Phi) is 2.53.